The fourth-order valence-electron chi connectivity index (χ4n) is 2.52. The lowest BCUT2D eigenvalue weighted by molar-refractivity contribution is 0.0655. The van der Waals surface area contributed by atoms with Gasteiger partial charge in [-0.15, -0.1) is 0 Å². The minimum absolute atomic E-state index is 0.0907. The summed E-state index contributed by atoms with van der Waals surface area (Å²) in [6, 6.07) is 5.00. The molecule has 0 aromatic heterocycles. The van der Waals surface area contributed by atoms with Crippen LogP contribution in [0.1, 0.15) is 24.8 Å². The number of aryl methyl sites for hydroxylation is 1. The van der Waals surface area contributed by atoms with Crippen molar-refractivity contribution in [1.82, 2.24) is 9.79 Å². The van der Waals surface area contributed by atoms with Crippen molar-refractivity contribution in [3.05, 3.63) is 23.8 Å². The first kappa shape index (κ1) is 17.2. The van der Waals surface area contributed by atoms with Crippen LogP contribution in [0.4, 0.5) is 0 Å². The first-order valence-corrected chi connectivity index (χ1v) is 9.02. The van der Waals surface area contributed by atoms with Gasteiger partial charge in [0.25, 0.3) is 10.0 Å². The van der Waals surface area contributed by atoms with Gasteiger partial charge in [0.2, 0.25) is 0 Å². The summed E-state index contributed by atoms with van der Waals surface area (Å²) in [5, 5.41) is 0. The number of methoxy groups -OCH3 is 1. The maximum atomic E-state index is 12.3. The van der Waals surface area contributed by atoms with E-state index >= 15 is 0 Å². The highest BCUT2D eigenvalue weighted by molar-refractivity contribution is 7.89. The van der Waals surface area contributed by atoms with E-state index in [0.717, 1.165) is 25.2 Å². The predicted octanol–water partition coefficient (Wildman–Crippen LogP) is 1.70. The summed E-state index contributed by atoms with van der Waals surface area (Å²) in [5.41, 5.74) is 0.842. The lowest BCUT2D eigenvalue weighted by Crippen LogP contribution is -2.35. The Kier molecular flexibility index (Phi) is 6.19. The molecule has 0 unspecified atom stereocenters. The van der Waals surface area contributed by atoms with E-state index < -0.39 is 10.0 Å². The zero-order chi connectivity index (χ0) is 16.0. The normalized spacial score (nSPS) is 16.6. The number of nitrogens with one attached hydrogen (secondary N) is 1. The first-order chi connectivity index (χ1) is 10.5. The van der Waals surface area contributed by atoms with Gasteiger partial charge in [-0.2, -0.15) is 0 Å². The molecule has 0 saturated carbocycles. The number of likely N-dealkylation sites (tertiary alicyclic amines) is 1. The van der Waals surface area contributed by atoms with Crippen molar-refractivity contribution in [1.29, 1.82) is 0 Å². The van der Waals surface area contributed by atoms with Crippen LogP contribution in [0.25, 0.3) is 0 Å². The van der Waals surface area contributed by atoms with Gasteiger partial charge in [-0.05, 0) is 50.6 Å². The summed E-state index contributed by atoms with van der Waals surface area (Å²) >= 11 is 0. The highest BCUT2D eigenvalue weighted by atomic mass is 32.2. The average Bonchev–Trinajstić information content (AvgIpc) is 2.52. The molecule has 0 radical (unpaired) electrons. The molecule has 1 heterocycles. The molecule has 0 spiro atoms. The van der Waals surface area contributed by atoms with Crippen LogP contribution in [0.5, 0.6) is 5.75 Å². The van der Waals surface area contributed by atoms with Gasteiger partial charge in [-0.3, -0.25) is 4.84 Å². The lowest BCUT2D eigenvalue weighted by atomic mass is 10.1. The number of hydrogen-bond acceptors (Lipinski definition) is 5. The molecule has 0 bridgehead atoms. The van der Waals surface area contributed by atoms with Crippen LogP contribution < -0.4 is 9.62 Å². The topological polar surface area (TPSA) is 67.9 Å². The molecular formula is C15H24N2O4S. The molecule has 1 fully saturated rings. The Labute approximate surface area is 132 Å². The zero-order valence-corrected chi connectivity index (χ0v) is 14.0. The number of piperidine rings is 1. The number of nitrogens with zero attached hydrogens (tertiary/aromatic N) is 1. The first-order valence-electron chi connectivity index (χ1n) is 7.53. The third kappa shape index (κ3) is 4.67. The fraction of sp³-hybridized carbons (Fsp3) is 0.600. The molecular weight excluding hydrogens is 304 g/mol. The van der Waals surface area contributed by atoms with Crippen molar-refractivity contribution in [2.45, 2.75) is 31.1 Å². The standard InChI is InChI=1S/C15H24N2O4S/c1-13-6-7-14(20-2)15(12-13)22(18,19)16-21-11-10-17-8-4-3-5-9-17/h6-7,12,16H,3-5,8-11H2,1-2H3. The highest BCUT2D eigenvalue weighted by Gasteiger charge is 2.20. The van der Waals surface area contributed by atoms with Crippen molar-refractivity contribution in [3.63, 3.8) is 0 Å². The number of sulfonamides is 1. The maximum Gasteiger partial charge on any atom is 0.266 e. The van der Waals surface area contributed by atoms with Crippen molar-refractivity contribution in [2.75, 3.05) is 33.4 Å². The van der Waals surface area contributed by atoms with Crippen molar-refractivity contribution in [3.8, 4) is 5.75 Å². The molecule has 7 heteroatoms. The molecule has 1 aromatic rings. The quantitative estimate of drug-likeness (QED) is 0.609. The molecule has 0 amide bonds. The SMILES string of the molecule is COc1ccc(C)cc1S(=O)(=O)NOCCN1CCCCC1. The Hall–Kier alpha value is -1.15. The third-order valence-corrected chi connectivity index (χ3v) is 4.97. The molecule has 1 saturated heterocycles. The maximum absolute atomic E-state index is 12.3. The molecule has 2 rings (SSSR count). The summed E-state index contributed by atoms with van der Waals surface area (Å²) in [4.78, 5) is 9.72. The van der Waals surface area contributed by atoms with Crippen LogP contribution in [0.3, 0.4) is 0 Å². The summed E-state index contributed by atoms with van der Waals surface area (Å²) in [7, 11) is -2.30. The Balaban J connectivity index is 1.89. The Morgan fingerprint density at radius 2 is 1.95 bits per heavy atom. The van der Waals surface area contributed by atoms with E-state index in [1.807, 2.05) is 6.92 Å². The molecule has 1 aliphatic rings. The fourth-order valence-corrected chi connectivity index (χ4v) is 3.60. The molecule has 1 N–H and O–H groups in total. The molecule has 0 atom stereocenters. The van der Waals surface area contributed by atoms with Crippen molar-refractivity contribution in [2.24, 2.45) is 0 Å². The van der Waals surface area contributed by atoms with Gasteiger partial charge < -0.3 is 9.64 Å². The average molecular weight is 328 g/mol. The molecule has 1 aliphatic heterocycles. The van der Waals surface area contributed by atoms with E-state index in [0.29, 0.717) is 12.4 Å². The van der Waals surface area contributed by atoms with Crippen LogP contribution in [-0.2, 0) is 14.9 Å². The summed E-state index contributed by atoms with van der Waals surface area (Å²) < 4.78 is 29.7. The highest BCUT2D eigenvalue weighted by Crippen LogP contribution is 2.24. The third-order valence-electron chi connectivity index (χ3n) is 3.74. The van der Waals surface area contributed by atoms with E-state index in [1.54, 1.807) is 18.2 Å². The Morgan fingerprint density at radius 3 is 2.64 bits per heavy atom. The number of hydrogen-bond donors (Lipinski definition) is 1. The van der Waals surface area contributed by atoms with Crippen LogP contribution in [0.2, 0.25) is 0 Å². The van der Waals surface area contributed by atoms with E-state index in [2.05, 4.69) is 9.79 Å². The Bertz CT molecular complexity index is 583. The number of rotatable bonds is 7. The second-order valence-corrected chi connectivity index (χ2v) is 7.11. The molecule has 0 aliphatic carbocycles. The van der Waals surface area contributed by atoms with Gasteiger partial charge in [-0.1, -0.05) is 17.4 Å². The van der Waals surface area contributed by atoms with Gasteiger partial charge in [0.1, 0.15) is 10.6 Å². The number of ether oxygens (including phenoxy) is 1. The molecule has 6 nitrogen and oxygen atoms in total. The number of benzene rings is 1. The van der Waals surface area contributed by atoms with Gasteiger partial charge in [0, 0.05) is 6.54 Å². The minimum atomic E-state index is -3.74. The smallest absolute Gasteiger partial charge is 0.266 e. The zero-order valence-electron chi connectivity index (χ0n) is 13.2. The van der Waals surface area contributed by atoms with Crippen molar-refractivity contribution >= 4 is 10.0 Å². The Morgan fingerprint density at radius 1 is 1.23 bits per heavy atom. The molecule has 124 valence electrons. The van der Waals surface area contributed by atoms with Gasteiger partial charge >= 0.3 is 0 Å². The molecule has 1 aromatic carbocycles. The van der Waals surface area contributed by atoms with Gasteiger partial charge in [-0.25, -0.2) is 8.42 Å². The van der Waals surface area contributed by atoms with Gasteiger partial charge in [0.05, 0.1) is 13.7 Å². The summed E-state index contributed by atoms with van der Waals surface area (Å²) in [6.07, 6.45) is 3.68. The van der Waals surface area contributed by atoms with Crippen LogP contribution in [-0.4, -0.2) is 46.7 Å². The minimum Gasteiger partial charge on any atom is -0.495 e. The second-order valence-electron chi connectivity index (χ2n) is 5.49. The summed E-state index contributed by atoms with van der Waals surface area (Å²) in [6.45, 7) is 5.00. The van der Waals surface area contributed by atoms with E-state index in [4.69, 9.17) is 9.57 Å². The second kappa shape index (κ2) is 7.92. The summed E-state index contributed by atoms with van der Waals surface area (Å²) in [5.74, 6) is 0.303. The lowest BCUT2D eigenvalue weighted by Gasteiger charge is -2.25. The largest absolute Gasteiger partial charge is 0.495 e. The monoisotopic (exact) mass is 328 g/mol. The van der Waals surface area contributed by atoms with Gasteiger partial charge in [0.15, 0.2) is 0 Å². The predicted molar refractivity (Wildman–Crippen MR) is 84.3 cm³/mol. The van der Waals surface area contributed by atoms with Crippen LogP contribution in [0.15, 0.2) is 23.1 Å². The molecule has 22 heavy (non-hydrogen) atoms. The van der Waals surface area contributed by atoms with E-state index in [1.165, 1.54) is 26.4 Å². The van der Waals surface area contributed by atoms with Crippen LogP contribution in [0, 0.1) is 6.92 Å². The van der Waals surface area contributed by atoms with Crippen LogP contribution >= 0.6 is 0 Å². The van der Waals surface area contributed by atoms with Crippen molar-refractivity contribution < 1.29 is 18.0 Å². The van der Waals surface area contributed by atoms with E-state index in [9.17, 15) is 8.42 Å². The van der Waals surface area contributed by atoms with E-state index in [-0.39, 0.29) is 4.90 Å².